The van der Waals surface area contributed by atoms with Crippen molar-refractivity contribution in [2.75, 3.05) is 7.11 Å². The molecule has 0 aliphatic carbocycles. The molecular formula is C7H4ClN3O3. The minimum Gasteiger partial charge on any atom is -0.464 e. The molecule has 0 atom stereocenters. The summed E-state index contributed by atoms with van der Waals surface area (Å²) in [6.45, 7) is 0. The lowest BCUT2D eigenvalue weighted by Crippen LogP contribution is -2.02. The van der Waals surface area contributed by atoms with Gasteiger partial charge < -0.3 is 9.26 Å². The third kappa shape index (κ3) is 1.20. The predicted molar refractivity (Wildman–Crippen MR) is 45.9 cm³/mol. The van der Waals surface area contributed by atoms with Crippen molar-refractivity contribution in [3.63, 3.8) is 0 Å². The van der Waals surface area contributed by atoms with Crippen LogP contribution in [0.1, 0.15) is 10.5 Å². The average Bonchev–Trinajstić information content (AvgIpc) is 2.62. The molecule has 72 valence electrons. The quantitative estimate of drug-likeness (QED) is 0.521. The van der Waals surface area contributed by atoms with Gasteiger partial charge in [-0.2, -0.15) is 4.98 Å². The van der Waals surface area contributed by atoms with E-state index in [4.69, 9.17) is 16.1 Å². The summed E-state index contributed by atoms with van der Waals surface area (Å²) in [5.74, 6) is -0.638. The molecule has 0 aliphatic rings. The Kier molecular flexibility index (Phi) is 2.05. The zero-order valence-corrected chi connectivity index (χ0v) is 7.78. The third-order valence-electron chi connectivity index (χ3n) is 1.61. The Bertz CT molecular complexity index is 496. The van der Waals surface area contributed by atoms with Crippen molar-refractivity contribution in [3.05, 3.63) is 17.2 Å². The summed E-state index contributed by atoms with van der Waals surface area (Å²) in [5.41, 5.74) is 0.138. The van der Waals surface area contributed by atoms with Crippen LogP contribution in [0.4, 0.5) is 0 Å². The summed E-state index contributed by atoms with van der Waals surface area (Å²) in [4.78, 5) is 18.6. The topological polar surface area (TPSA) is 78.1 Å². The van der Waals surface area contributed by atoms with Gasteiger partial charge in [0, 0.05) is 0 Å². The highest BCUT2D eigenvalue weighted by Crippen LogP contribution is 2.23. The van der Waals surface area contributed by atoms with Crippen molar-refractivity contribution in [1.29, 1.82) is 0 Å². The number of hydrogen-bond acceptors (Lipinski definition) is 6. The van der Waals surface area contributed by atoms with Crippen LogP contribution < -0.4 is 0 Å². The van der Waals surface area contributed by atoms with Gasteiger partial charge in [0.25, 0.3) is 5.71 Å². The van der Waals surface area contributed by atoms with Gasteiger partial charge in [-0.15, -0.1) is 0 Å². The van der Waals surface area contributed by atoms with Gasteiger partial charge in [-0.1, -0.05) is 16.8 Å². The first kappa shape index (κ1) is 8.89. The van der Waals surface area contributed by atoms with Crippen LogP contribution in [0.25, 0.3) is 11.1 Å². The molecule has 0 aliphatic heterocycles. The smallest absolute Gasteiger partial charge is 0.361 e. The molecule has 0 spiro atoms. The van der Waals surface area contributed by atoms with Crippen LogP contribution in [0.15, 0.2) is 10.9 Å². The van der Waals surface area contributed by atoms with E-state index in [1.165, 1.54) is 13.4 Å². The summed E-state index contributed by atoms with van der Waals surface area (Å²) in [5, 5.41) is 3.86. The van der Waals surface area contributed by atoms with Crippen molar-refractivity contribution in [1.82, 2.24) is 15.1 Å². The average molecular weight is 214 g/mol. The number of esters is 1. The van der Waals surface area contributed by atoms with Crippen LogP contribution in [-0.4, -0.2) is 28.2 Å². The summed E-state index contributed by atoms with van der Waals surface area (Å²) in [6, 6.07) is 0. The van der Waals surface area contributed by atoms with E-state index in [1.54, 1.807) is 0 Å². The monoisotopic (exact) mass is 213 g/mol. The van der Waals surface area contributed by atoms with Gasteiger partial charge in [0.1, 0.15) is 16.9 Å². The van der Waals surface area contributed by atoms with Crippen molar-refractivity contribution in [2.24, 2.45) is 0 Å². The van der Waals surface area contributed by atoms with E-state index in [1.807, 2.05) is 0 Å². The molecular weight excluding hydrogens is 210 g/mol. The van der Waals surface area contributed by atoms with Crippen LogP contribution in [-0.2, 0) is 4.74 Å². The molecule has 0 radical (unpaired) electrons. The van der Waals surface area contributed by atoms with Gasteiger partial charge in [-0.25, -0.2) is 9.78 Å². The van der Waals surface area contributed by atoms with Crippen LogP contribution >= 0.6 is 11.6 Å². The molecule has 0 fully saturated rings. The van der Waals surface area contributed by atoms with Crippen molar-refractivity contribution in [3.8, 4) is 0 Å². The number of carbonyl (C=O) groups is 1. The van der Waals surface area contributed by atoms with E-state index < -0.39 is 5.97 Å². The van der Waals surface area contributed by atoms with E-state index in [2.05, 4.69) is 19.9 Å². The zero-order chi connectivity index (χ0) is 10.1. The van der Waals surface area contributed by atoms with E-state index in [9.17, 15) is 4.79 Å². The highest BCUT2D eigenvalue weighted by Gasteiger charge is 2.20. The number of fused-ring (bicyclic) bond motifs is 1. The molecule has 0 bridgehead atoms. The van der Waals surface area contributed by atoms with Crippen LogP contribution in [0.5, 0.6) is 0 Å². The summed E-state index contributed by atoms with van der Waals surface area (Å²) in [6.07, 6.45) is 1.22. The zero-order valence-electron chi connectivity index (χ0n) is 7.02. The number of halogens is 1. The first-order valence-electron chi connectivity index (χ1n) is 3.58. The molecule has 0 amide bonds. The highest BCUT2D eigenvalue weighted by molar-refractivity contribution is 6.34. The van der Waals surface area contributed by atoms with E-state index in [0.29, 0.717) is 0 Å². The Hall–Kier alpha value is -1.69. The Morgan fingerprint density at radius 3 is 3.07 bits per heavy atom. The molecule has 0 saturated heterocycles. The molecule has 0 aromatic carbocycles. The largest absolute Gasteiger partial charge is 0.464 e. The summed E-state index contributed by atoms with van der Waals surface area (Å²) < 4.78 is 9.25. The Morgan fingerprint density at radius 1 is 1.57 bits per heavy atom. The number of ether oxygens (including phenoxy) is 1. The lowest BCUT2D eigenvalue weighted by Gasteiger charge is -1.93. The molecule has 2 aromatic heterocycles. The van der Waals surface area contributed by atoms with Crippen LogP contribution in [0.3, 0.4) is 0 Å². The summed E-state index contributed by atoms with van der Waals surface area (Å²) in [7, 11) is 1.24. The van der Waals surface area contributed by atoms with E-state index in [0.717, 1.165) is 0 Å². The van der Waals surface area contributed by atoms with Crippen molar-refractivity contribution in [2.45, 2.75) is 0 Å². The highest BCUT2D eigenvalue weighted by atomic mass is 35.5. The Balaban J connectivity index is 2.73. The number of methoxy groups -OCH3 is 1. The van der Waals surface area contributed by atoms with Gasteiger partial charge in [0.15, 0.2) is 0 Å². The first-order valence-corrected chi connectivity index (χ1v) is 3.96. The van der Waals surface area contributed by atoms with E-state index >= 15 is 0 Å². The van der Waals surface area contributed by atoms with Gasteiger partial charge in [0.05, 0.1) is 7.11 Å². The van der Waals surface area contributed by atoms with Gasteiger partial charge in [-0.3, -0.25) is 0 Å². The SMILES string of the molecule is COC(=O)c1noc2ncnc(Cl)c12. The lowest BCUT2D eigenvalue weighted by atomic mass is 10.3. The lowest BCUT2D eigenvalue weighted by molar-refractivity contribution is 0.0591. The molecule has 0 saturated carbocycles. The fourth-order valence-corrected chi connectivity index (χ4v) is 1.20. The maximum absolute atomic E-state index is 11.2. The fraction of sp³-hybridized carbons (Fsp3) is 0.143. The number of aromatic nitrogens is 3. The first-order chi connectivity index (χ1) is 6.74. The number of rotatable bonds is 1. The van der Waals surface area contributed by atoms with Gasteiger partial charge in [0.2, 0.25) is 5.69 Å². The van der Waals surface area contributed by atoms with Gasteiger partial charge >= 0.3 is 5.97 Å². The maximum Gasteiger partial charge on any atom is 0.361 e. The predicted octanol–water partition coefficient (Wildman–Crippen LogP) is 1.06. The minimum absolute atomic E-state index is 0.0203. The number of nitrogens with zero attached hydrogens (tertiary/aromatic N) is 3. The van der Waals surface area contributed by atoms with E-state index in [-0.39, 0.29) is 21.9 Å². The molecule has 6 nitrogen and oxygen atoms in total. The molecule has 2 heterocycles. The number of hydrogen-bond donors (Lipinski definition) is 0. The second-order valence-corrected chi connectivity index (χ2v) is 2.73. The summed E-state index contributed by atoms with van der Waals surface area (Å²) >= 11 is 5.75. The van der Waals surface area contributed by atoms with Crippen LogP contribution in [0.2, 0.25) is 5.15 Å². The maximum atomic E-state index is 11.2. The normalized spacial score (nSPS) is 10.4. The van der Waals surface area contributed by atoms with Crippen LogP contribution in [0, 0.1) is 0 Å². The molecule has 14 heavy (non-hydrogen) atoms. The molecule has 0 unspecified atom stereocenters. The minimum atomic E-state index is -0.638. The molecule has 7 heteroatoms. The molecule has 0 N–H and O–H groups in total. The standard InChI is InChI=1S/C7H4ClN3O3/c1-13-7(12)4-3-5(8)9-2-10-6(3)14-11-4/h2H,1H3. The fourth-order valence-electron chi connectivity index (χ4n) is 0.988. The molecule has 2 aromatic rings. The Morgan fingerprint density at radius 2 is 2.36 bits per heavy atom. The Labute approximate surface area is 82.8 Å². The molecule has 2 rings (SSSR count). The van der Waals surface area contributed by atoms with Gasteiger partial charge in [-0.05, 0) is 0 Å². The van der Waals surface area contributed by atoms with Crippen molar-refractivity contribution >= 4 is 28.7 Å². The number of carbonyl (C=O) groups excluding carboxylic acids is 1. The third-order valence-corrected chi connectivity index (χ3v) is 1.89. The van der Waals surface area contributed by atoms with Crippen molar-refractivity contribution < 1.29 is 14.1 Å². The second kappa shape index (κ2) is 3.22. The second-order valence-electron chi connectivity index (χ2n) is 2.37.